The first kappa shape index (κ1) is 20.3. The van der Waals surface area contributed by atoms with E-state index < -0.39 is 0 Å². The molecule has 8 heteroatoms. The molecule has 0 saturated carbocycles. The zero-order valence-electron chi connectivity index (χ0n) is 18.0. The number of aromatic nitrogens is 4. The van der Waals surface area contributed by atoms with Gasteiger partial charge in [-0.3, -0.25) is 9.78 Å². The number of pyridine rings is 1. The normalized spacial score (nSPS) is 10.8. The van der Waals surface area contributed by atoms with Crippen molar-refractivity contribution in [3.8, 4) is 17.0 Å². The highest BCUT2D eigenvalue weighted by molar-refractivity contribution is 5.97. The molecule has 0 aliphatic carbocycles. The molecule has 1 amide bonds. The van der Waals surface area contributed by atoms with E-state index in [1.54, 1.807) is 37.8 Å². The third kappa shape index (κ3) is 4.05. The number of fused-ring (bicyclic) bond motifs is 1. The molecule has 3 heterocycles. The second-order valence-corrected chi connectivity index (χ2v) is 7.40. The fourth-order valence-electron chi connectivity index (χ4n) is 3.44. The Morgan fingerprint density at radius 3 is 2.77 bits per heavy atom. The van der Waals surface area contributed by atoms with Gasteiger partial charge in [0.05, 0.1) is 18.4 Å². The zero-order valence-corrected chi connectivity index (χ0v) is 18.0. The fraction of sp³-hybridized carbons (Fsp3) is 0.217. The lowest BCUT2D eigenvalue weighted by molar-refractivity contribution is 0.0950. The molecule has 4 aromatic rings. The van der Waals surface area contributed by atoms with Crippen molar-refractivity contribution in [3.05, 3.63) is 66.2 Å². The molecule has 0 atom stereocenters. The Labute approximate surface area is 180 Å². The standard InChI is InChI=1S/C23H24N6O2/c1-28(2)23-26-13-16(12-25-22(30)15-6-5-9-24-11-15)21(27-23)19-14-29(3)20-8-7-17(31-4)10-18(19)20/h5-11,13-14H,12H2,1-4H3,(H,25,30). The van der Waals surface area contributed by atoms with Crippen LogP contribution in [0.1, 0.15) is 15.9 Å². The van der Waals surface area contributed by atoms with Crippen LogP contribution in [-0.4, -0.2) is 46.6 Å². The smallest absolute Gasteiger partial charge is 0.253 e. The fourth-order valence-corrected chi connectivity index (χ4v) is 3.44. The molecular weight excluding hydrogens is 392 g/mol. The first-order valence-electron chi connectivity index (χ1n) is 9.83. The number of carbonyl (C=O) groups excluding carboxylic acids is 1. The van der Waals surface area contributed by atoms with Crippen LogP contribution in [0.4, 0.5) is 5.95 Å². The zero-order chi connectivity index (χ0) is 22.0. The summed E-state index contributed by atoms with van der Waals surface area (Å²) in [6, 6.07) is 9.42. The van der Waals surface area contributed by atoms with Gasteiger partial charge in [0.15, 0.2) is 0 Å². The largest absolute Gasteiger partial charge is 0.497 e. The number of benzene rings is 1. The minimum Gasteiger partial charge on any atom is -0.497 e. The second-order valence-electron chi connectivity index (χ2n) is 7.40. The molecule has 0 bridgehead atoms. The molecule has 0 saturated heterocycles. The minimum atomic E-state index is -0.199. The molecule has 158 valence electrons. The molecule has 8 nitrogen and oxygen atoms in total. The van der Waals surface area contributed by atoms with E-state index >= 15 is 0 Å². The van der Waals surface area contributed by atoms with E-state index in [2.05, 4.69) is 19.9 Å². The highest BCUT2D eigenvalue weighted by Gasteiger charge is 2.17. The average molecular weight is 416 g/mol. The van der Waals surface area contributed by atoms with Crippen molar-refractivity contribution < 1.29 is 9.53 Å². The Morgan fingerprint density at radius 1 is 1.23 bits per heavy atom. The number of methoxy groups -OCH3 is 1. The summed E-state index contributed by atoms with van der Waals surface area (Å²) in [5, 5.41) is 3.97. The monoisotopic (exact) mass is 416 g/mol. The van der Waals surface area contributed by atoms with E-state index in [1.807, 2.05) is 50.4 Å². The van der Waals surface area contributed by atoms with Crippen molar-refractivity contribution in [1.82, 2.24) is 24.8 Å². The highest BCUT2D eigenvalue weighted by atomic mass is 16.5. The lowest BCUT2D eigenvalue weighted by atomic mass is 10.1. The number of carbonyl (C=O) groups is 1. The Kier molecular flexibility index (Phi) is 5.53. The number of hydrogen-bond acceptors (Lipinski definition) is 6. The second kappa shape index (κ2) is 8.43. The number of rotatable bonds is 6. The van der Waals surface area contributed by atoms with Crippen LogP contribution in [0.25, 0.3) is 22.2 Å². The van der Waals surface area contributed by atoms with Crippen LogP contribution in [0.3, 0.4) is 0 Å². The summed E-state index contributed by atoms with van der Waals surface area (Å²) >= 11 is 0. The van der Waals surface area contributed by atoms with Gasteiger partial charge in [-0.15, -0.1) is 0 Å². The number of nitrogens with zero attached hydrogens (tertiary/aromatic N) is 5. The van der Waals surface area contributed by atoms with E-state index in [1.165, 1.54) is 0 Å². The Hall–Kier alpha value is -3.94. The van der Waals surface area contributed by atoms with Gasteiger partial charge < -0.3 is 19.5 Å². The van der Waals surface area contributed by atoms with E-state index in [0.717, 1.165) is 33.5 Å². The van der Waals surface area contributed by atoms with Crippen molar-refractivity contribution in [2.75, 3.05) is 26.1 Å². The summed E-state index contributed by atoms with van der Waals surface area (Å²) in [7, 11) is 7.44. The predicted octanol–water partition coefficient (Wildman–Crippen LogP) is 3.03. The summed E-state index contributed by atoms with van der Waals surface area (Å²) in [4.78, 5) is 27.6. The number of nitrogens with one attached hydrogen (secondary N) is 1. The van der Waals surface area contributed by atoms with Gasteiger partial charge in [0.1, 0.15) is 5.75 Å². The van der Waals surface area contributed by atoms with Gasteiger partial charge in [-0.2, -0.15) is 0 Å². The Balaban J connectivity index is 1.77. The summed E-state index contributed by atoms with van der Waals surface area (Å²) in [6.45, 7) is 0.289. The van der Waals surface area contributed by atoms with Crippen molar-refractivity contribution in [2.24, 2.45) is 7.05 Å². The van der Waals surface area contributed by atoms with Crippen molar-refractivity contribution in [1.29, 1.82) is 0 Å². The molecule has 0 aliphatic rings. The molecule has 3 aromatic heterocycles. The average Bonchev–Trinajstić information content (AvgIpc) is 3.13. The SMILES string of the molecule is COc1ccc2c(c1)c(-c1nc(N(C)C)ncc1CNC(=O)c1cccnc1)cn2C. The van der Waals surface area contributed by atoms with Crippen LogP contribution in [0, 0.1) is 0 Å². The molecule has 1 aromatic carbocycles. The number of amides is 1. The predicted molar refractivity (Wildman–Crippen MR) is 120 cm³/mol. The van der Waals surface area contributed by atoms with Gasteiger partial charge >= 0.3 is 0 Å². The Bertz CT molecular complexity index is 1230. The van der Waals surface area contributed by atoms with Crippen LogP contribution in [0.5, 0.6) is 5.75 Å². The van der Waals surface area contributed by atoms with Crippen LogP contribution in [-0.2, 0) is 13.6 Å². The first-order valence-corrected chi connectivity index (χ1v) is 9.83. The van der Waals surface area contributed by atoms with Crippen LogP contribution < -0.4 is 15.0 Å². The minimum absolute atomic E-state index is 0.199. The van der Waals surface area contributed by atoms with Crippen molar-refractivity contribution in [3.63, 3.8) is 0 Å². The van der Waals surface area contributed by atoms with Crippen molar-refractivity contribution in [2.45, 2.75) is 6.54 Å². The lowest BCUT2D eigenvalue weighted by Crippen LogP contribution is -2.24. The summed E-state index contributed by atoms with van der Waals surface area (Å²) in [5.74, 6) is 1.17. The topological polar surface area (TPSA) is 85.2 Å². The maximum absolute atomic E-state index is 12.5. The van der Waals surface area contributed by atoms with Crippen LogP contribution in [0.15, 0.2) is 55.1 Å². The maximum atomic E-state index is 12.5. The van der Waals surface area contributed by atoms with Crippen molar-refractivity contribution >= 4 is 22.8 Å². The summed E-state index contributed by atoms with van der Waals surface area (Å²) in [5.41, 5.74) is 4.10. The van der Waals surface area contributed by atoms with Gasteiger partial charge in [0.2, 0.25) is 5.95 Å². The first-order chi connectivity index (χ1) is 15.0. The van der Waals surface area contributed by atoms with Crippen LogP contribution in [0.2, 0.25) is 0 Å². The molecule has 0 spiro atoms. The molecule has 31 heavy (non-hydrogen) atoms. The molecule has 4 rings (SSSR count). The van der Waals surface area contributed by atoms with Gasteiger partial charge in [-0.05, 0) is 30.3 Å². The highest BCUT2D eigenvalue weighted by Crippen LogP contribution is 2.34. The molecule has 0 fully saturated rings. The number of aryl methyl sites for hydroxylation is 1. The third-order valence-corrected chi connectivity index (χ3v) is 5.07. The maximum Gasteiger partial charge on any atom is 0.253 e. The lowest BCUT2D eigenvalue weighted by Gasteiger charge is -2.15. The summed E-state index contributed by atoms with van der Waals surface area (Å²) < 4.78 is 7.48. The van der Waals surface area contributed by atoms with E-state index in [-0.39, 0.29) is 12.5 Å². The molecule has 1 N–H and O–H groups in total. The van der Waals surface area contributed by atoms with Crippen LogP contribution >= 0.6 is 0 Å². The van der Waals surface area contributed by atoms with Gasteiger partial charge in [-0.1, -0.05) is 0 Å². The number of hydrogen-bond donors (Lipinski definition) is 1. The van der Waals surface area contributed by atoms with Gasteiger partial charge in [0, 0.05) is 74.5 Å². The molecular formula is C23H24N6O2. The number of anilines is 1. The molecule has 0 aliphatic heterocycles. The Morgan fingerprint density at radius 2 is 2.06 bits per heavy atom. The van der Waals surface area contributed by atoms with E-state index in [4.69, 9.17) is 9.72 Å². The van der Waals surface area contributed by atoms with Gasteiger partial charge in [-0.25, -0.2) is 9.97 Å². The van der Waals surface area contributed by atoms with E-state index in [0.29, 0.717) is 11.5 Å². The molecule has 0 radical (unpaired) electrons. The number of ether oxygens (including phenoxy) is 1. The third-order valence-electron chi connectivity index (χ3n) is 5.07. The summed E-state index contributed by atoms with van der Waals surface area (Å²) in [6.07, 6.45) is 6.98. The van der Waals surface area contributed by atoms with E-state index in [9.17, 15) is 4.79 Å². The van der Waals surface area contributed by atoms with Gasteiger partial charge in [0.25, 0.3) is 5.91 Å². The quantitative estimate of drug-likeness (QED) is 0.520. The molecule has 0 unspecified atom stereocenters.